The maximum absolute atomic E-state index is 13.1. The van der Waals surface area contributed by atoms with Gasteiger partial charge in [0, 0.05) is 23.0 Å². The van der Waals surface area contributed by atoms with E-state index in [9.17, 15) is 4.79 Å². The zero-order chi connectivity index (χ0) is 22.0. The van der Waals surface area contributed by atoms with Crippen LogP contribution in [0.2, 0.25) is 0 Å². The van der Waals surface area contributed by atoms with Crippen LogP contribution in [0.1, 0.15) is 45.4 Å². The summed E-state index contributed by atoms with van der Waals surface area (Å²) in [5, 5.41) is 14.4. The zero-order valence-electron chi connectivity index (χ0n) is 18.5. The number of aromatic nitrogens is 6. The number of H-pyrrole nitrogens is 1. The molecule has 0 aliphatic heterocycles. The lowest BCUT2D eigenvalue weighted by Gasteiger charge is -2.19. The Balaban J connectivity index is 1.66. The molecule has 1 N–H and O–H groups in total. The molecule has 0 atom stereocenters. The smallest absolute Gasteiger partial charge is 0.294 e. The van der Waals surface area contributed by atoms with Crippen LogP contribution in [0.5, 0.6) is 0 Å². The van der Waals surface area contributed by atoms with Crippen molar-refractivity contribution >= 4 is 0 Å². The van der Waals surface area contributed by atoms with Crippen LogP contribution in [-0.2, 0) is 18.5 Å². The van der Waals surface area contributed by atoms with Crippen molar-refractivity contribution in [3.8, 4) is 22.5 Å². The van der Waals surface area contributed by atoms with Gasteiger partial charge in [-0.25, -0.2) is 4.79 Å². The molecule has 0 fully saturated rings. The number of imidazole rings is 1. The Bertz CT molecular complexity index is 1210. The fraction of sp³-hybridized carbons (Fsp3) is 0.333. The first kappa shape index (κ1) is 20.8. The highest BCUT2D eigenvalue weighted by molar-refractivity contribution is 5.80. The molecule has 2 aromatic carbocycles. The van der Waals surface area contributed by atoms with Crippen molar-refractivity contribution < 1.29 is 0 Å². The van der Waals surface area contributed by atoms with Gasteiger partial charge in [-0.15, -0.1) is 10.2 Å². The maximum atomic E-state index is 13.1. The lowest BCUT2D eigenvalue weighted by Crippen LogP contribution is -2.34. The summed E-state index contributed by atoms with van der Waals surface area (Å²) in [4.78, 5) is 13.1. The molecule has 4 rings (SSSR count). The van der Waals surface area contributed by atoms with Gasteiger partial charge in [0.1, 0.15) is 0 Å². The van der Waals surface area contributed by atoms with E-state index in [-0.39, 0.29) is 11.2 Å². The molecular formula is C24H28N6O. The van der Waals surface area contributed by atoms with Crippen molar-refractivity contribution in [2.24, 2.45) is 0 Å². The Kier molecular flexibility index (Phi) is 5.59. The first-order valence-electron chi connectivity index (χ1n) is 10.6. The number of rotatable bonds is 6. The van der Waals surface area contributed by atoms with Crippen molar-refractivity contribution in [1.82, 2.24) is 29.8 Å². The van der Waals surface area contributed by atoms with Crippen LogP contribution < -0.4 is 5.69 Å². The van der Waals surface area contributed by atoms with E-state index in [1.165, 1.54) is 0 Å². The predicted octanol–water partition coefficient (Wildman–Crippen LogP) is 4.25. The van der Waals surface area contributed by atoms with Crippen molar-refractivity contribution in [1.29, 1.82) is 0 Å². The molecule has 0 amide bonds. The third kappa shape index (κ3) is 4.21. The quantitative estimate of drug-likeness (QED) is 0.509. The van der Waals surface area contributed by atoms with Gasteiger partial charge in [0.25, 0.3) is 0 Å². The Hall–Kier alpha value is -3.48. The molecule has 4 aromatic rings. The van der Waals surface area contributed by atoms with Crippen LogP contribution >= 0.6 is 0 Å². The number of benzene rings is 2. The molecule has 0 spiro atoms. The molecule has 0 saturated carbocycles. The number of hydrogen-bond donors (Lipinski definition) is 1. The highest BCUT2D eigenvalue weighted by atomic mass is 16.1. The number of tetrazole rings is 1. The molecular weight excluding hydrogens is 388 g/mol. The van der Waals surface area contributed by atoms with Gasteiger partial charge in [-0.3, -0.25) is 9.13 Å². The molecule has 7 nitrogen and oxygen atoms in total. The van der Waals surface area contributed by atoms with Crippen LogP contribution in [-0.4, -0.2) is 29.8 Å². The van der Waals surface area contributed by atoms with Crippen LogP contribution in [0.25, 0.3) is 22.5 Å². The van der Waals surface area contributed by atoms with E-state index in [2.05, 4.69) is 72.6 Å². The highest BCUT2D eigenvalue weighted by Gasteiger charge is 2.20. The van der Waals surface area contributed by atoms with Gasteiger partial charge in [0.05, 0.1) is 6.54 Å². The van der Waals surface area contributed by atoms with Crippen molar-refractivity contribution in [3.63, 3.8) is 0 Å². The Morgan fingerprint density at radius 3 is 2.32 bits per heavy atom. The molecule has 0 bridgehead atoms. The predicted molar refractivity (Wildman–Crippen MR) is 122 cm³/mol. The summed E-state index contributed by atoms with van der Waals surface area (Å²) < 4.78 is 3.74. The molecule has 0 unspecified atom stereocenters. The first-order valence-corrected chi connectivity index (χ1v) is 10.6. The second kappa shape index (κ2) is 8.34. The number of aryl methyl sites for hydroxylation is 1. The van der Waals surface area contributed by atoms with Gasteiger partial charge >= 0.3 is 5.69 Å². The Morgan fingerprint density at radius 1 is 1.00 bits per heavy atom. The fourth-order valence-corrected chi connectivity index (χ4v) is 3.81. The molecule has 7 heteroatoms. The monoisotopic (exact) mass is 416 g/mol. The second-order valence-electron chi connectivity index (χ2n) is 8.76. The lowest BCUT2D eigenvalue weighted by atomic mass is 9.98. The van der Waals surface area contributed by atoms with Gasteiger partial charge in [0.2, 0.25) is 5.82 Å². The van der Waals surface area contributed by atoms with Crippen molar-refractivity contribution in [2.75, 3.05) is 0 Å². The average molecular weight is 417 g/mol. The van der Waals surface area contributed by atoms with Gasteiger partial charge in [-0.1, -0.05) is 61.9 Å². The summed E-state index contributed by atoms with van der Waals surface area (Å²) in [6, 6.07) is 16.3. The molecule has 2 aromatic heterocycles. The molecule has 0 aliphatic carbocycles. The van der Waals surface area contributed by atoms with Gasteiger partial charge in [0.15, 0.2) is 0 Å². The van der Waals surface area contributed by atoms with E-state index in [0.29, 0.717) is 12.4 Å². The third-order valence-corrected chi connectivity index (χ3v) is 5.41. The van der Waals surface area contributed by atoms with Gasteiger partial charge in [-0.05, 0) is 49.1 Å². The lowest BCUT2D eigenvalue weighted by molar-refractivity contribution is 0.380. The van der Waals surface area contributed by atoms with Crippen LogP contribution in [0.4, 0.5) is 0 Å². The standard InChI is InChI=1S/C24H28N6O/c1-5-8-19-16-30(24(2,3)4)23(31)29(19)15-17-11-13-18(14-12-17)20-9-6-7-10-21(20)22-25-27-28-26-22/h6-7,9-14,16H,5,8,15H2,1-4H3,(H,25,26,27,28). The number of hydrogen-bond acceptors (Lipinski definition) is 4. The molecule has 31 heavy (non-hydrogen) atoms. The van der Waals surface area contributed by atoms with Crippen LogP contribution in [0.3, 0.4) is 0 Å². The SMILES string of the molecule is CCCc1cn(C(C)(C)C)c(=O)n1Cc1ccc(-c2ccccc2-c2nn[nH]n2)cc1. The summed E-state index contributed by atoms with van der Waals surface area (Å²) in [6.07, 6.45) is 3.90. The third-order valence-electron chi connectivity index (χ3n) is 5.41. The van der Waals surface area contributed by atoms with E-state index in [4.69, 9.17) is 0 Å². The highest BCUT2D eigenvalue weighted by Crippen LogP contribution is 2.29. The molecule has 0 saturated heterocycles. The van der Waals surface area contributed by atoms with Crippen molar-refractivity contribution in [3.05, 3.63) is 76.5 Å². The normalized spacial score (nSPS) is 11.7. The second-order valence-corrected chi connectivity index (χ2v) is 8.76. The van der Waals surface area contributed by atoms with Crippen molar-refractivity contribution in [2.45, 2.75) is 52.6 Å². The summed E-state index contributed by atoms with van der Waals surface area (Å²) in [6.45, 7) is 8.88. The number of aromatic amines is 1. The largest absolute Gasteiger partial charge is 0.329 e. The fourth-order valence-electron chi connectivity index (χ4n) is 3.81. The minimum absolute atomic E-state index is 0.0440. The Morgan fingerprint density at radius 2 is 1.71 bits per heavy atom. The van der Waals surface area contributed by atoms with E-state index < -0.39 is 0 Å². The zero-order valence-corrected chi connectivity index (χ0v) is 18.5. The summed E-state index contributed by atoms with van der Waals surface area (Å²) in [5.74, 6) is 0.568. The minimum Gasteiger partial charge on any atom is -0.294 e. The van der Waals surface area contributed by atoms with E-state index >= 15 is 0 Å². The van der Waals surface area contributed by atoms with Gasteiger partial charge in [-0.2, -0.15) is 5.21 Å². The molecule has 0 radical (unpaired) electrons. The maximum Gasteiger partial charge on any atom is 0.329 e. The summed E-state index contributed by atoms with van der Waals surface area (Å²) >= 11 is 0. The summed E-state index contributed by atoms with van der Waals surface area (Å²) in [5.41, 5.74) is 5.00. The number of nitrogens with zero attached hydrogens (tertiary/aromatic N) is 5. The molecule has 2 heterocycles. The molecule has 0 aliphatic rings. The Labute approximate surface area is 181 Å². The van der Waals surface area contributed by atoms with Gasteiger partial charge < -0.3 is 0 Å². The molecule has 160 valence electrons. The topological polar surface area (TPSA) is 81.4 Å². The number of nitrogens with one attached hydrogen (secondary N) is 1. The van der Waals surface area contributed by atoms with E-state index in [1.807, 2.05) is 39.6 Å². The first-order chi connectivity index (χ1) is 14.9. The van der Waals surface area contributed by atoms with E-state index in [1.54, 1.807) is 0 Å². The van der Waals surface area contributed by atoms with Crippen LogP contribution in [0.15, 0.2) is 59.5 Å². The van der Waals surface area contributed by atoms with E-state index in [0.717, 1.165) is 40.8 Å². The minimum atomic E-state index is -0.243. The average Bonchev–Trinajstić information content (AvgIpc) is 3.39. The van der Waals surface area contributed by atoms with Crippen LogP contribution in [0, 0.1) is 0 Å². The summed E-state index contributed by atoms with van der Waals surface area (Å²) in [7, 11) is 0.